The Bertz CT molecular complexity index is 5750. The fraction of sp³-hybridized carbons (Fsp3) is 0.129. The lowest BCUT2D eigenvalue weighted by Crippen LogP contribution is -2.10. The van der Waals surface area contributed by atoms with Crippen molar-refractivity contribution in [1.29, 1.82) is 0 Å². The van der Waals surface area contributed by atoms with E-state index in [-0.39, 0.29) is 0 Å². The van der Waals surface area contributed by atoms with Gasteiger partial charge >= 0.3 is 0 Å². The normalized spacial score (nSPS) is 12.2. The third kappa shape index (κ3) is 24.8. The maximum atomic E-state index is 6.34. The molecule has 12 heteroatoms. The van der Waals surface area contributed by atoms with Gasteiger partial charge in [-0.05, 0) is 361 Å². The van der Waals surface area contributed by atoms with E-state index in [1.165, 1.54) is 0 Å². The molecule has 0 aliphatic carbocycles. The molecule has 13 aliphatic heterocycles. The van der Waals surface area contributed by atoms with Crippen molar-refractivity contribution in [3.63, 3.8) is 0 Å². The van der Waals surface area contributed by atoms with Gasteiger partial charge in [-0.2, -0.15) is 0 Å². The Hall–Kier alpha value is -16.4. The molecule has 0 atom stereocenters. The maximum Gasteiger partial charge on any atom is 0.119 e. The van der Waals surface area contributed by atoms with Crippen LogP contribution in [-0.4, -0.2) is 52.9 Å². The van der Waals surface area contributed by atoms with E-state index in [0.717, 1.165) is 232 Å². The average Bonchev–Trinajstić information content (AvgIpc) is 0.790. The van der Waals surface area contributed by atoms with Gasteiger partial charge in [-0.1, -0.05) is 221 Å². The van der Waals surface area contributed by atoms with Crippen LogP contribution in [0.3, 0.4) is 0 Å². The van der Waals surface area contributed by atoms with Gasteiger partial charge in [-0.3, -0.25) is 0 Å². The van der Waals surface area contributed by atoms with Crippen molar-refractivity contribution in [3.8, 4) is 68.2 Å². The Balaban J connectivity index is 0.659. The second-order valence-electron chi connectivity index (χ2n) is 33.2. The first-order chi connectivity index (χ1) is 67.2. The number of hydrogen-bond donors (Lipinski definition) is 0. The Kier molecular flexibility index (Phi) is 31.3. The molecule has 0 amide bonds. The van der Waals surface area contributed by atoms with Gasteiger partial charge in [0.25, 0.3) is 0 Å². The Morgan fingerprint density at radius 3 is 0.397 bits per heavy atom. The quantitative estimate of drug-likeness (QED) is 0.0351. The number of benzene rings is 16. The molecular weight excluding hydrogens is 1670 g/mol. The lowest BCUT2D eigenvalue weighted by atomic mass is 10.0. The number of anilines is 12. The van der Waals surface area contributed by atoms with Crippen LogP contribution in [0.15, 0.2) is 415 Å². The predicted molar refractivity (Wildman–Crippen MR) is 567 cm³/mol. The Morgan fingerprint density at radius 2 is 0.265 bits per heavy atom. The SMILES string of the molecule is C=Cc1ccc(OCCCCOc2ccc(N3c4ccc(cc4)/C=C\c4ccc(cc4)N(c4ccc(OCCCCOc5ccc(C=C)cc5)cc4)c4ccc(cc4)-c4ccc(cc4)N(c4ccc(OCCCCOc5ccc(C=C)cc5)cc4)c4ccc(cc4)/C=C\c4ccc(cc4)N(c4ccc(OCCCCOc5ccc(C=C)cc5)cc4)c4ccc(cc4)-c4ccc3cc4)cc2)cc1. The van der Waals surface area contributed by atoms with Gasteiger partial charge in [0.1, 0.15) is 46.0 Å². The van der Waals surface area contributed by atoms with Crippen LogP contribution >= 0.6 is 0 Å². The molecule has 0 saturated heterocycles. The molecule has 16 aromatic rings. The highest BCUT2D eigenvalue weighted by Crippen LogP contribution is 2.44. The molecule has 0 aromatic heterocycles. The third-order valence-corrected chi connectivity index (χ3v) is 23.9. The molecule has 16 aromatic carbocycles. The van der Waals surface area contributed by atoms with Gasteiger partial charge in [0.05, 0.1) is 52.9 Å². The van der Waals surface area contributed by atoms with E-state index in [1.54, 1.807) is 0 Å². The highest BCUT2D eigenvalue weighted by Gasteiger charge is 2.21. The topological polar surface area (TPSA) is 86.8 Å². The molecule has 0 N–H and O–H groups in total. The zero-order valence-electron chi connectivity index (χ0n) is 76.8. The first kappa shape index (κ1) is 91.5. The summed E-state index contributed by atoms with van der Waals surface area (Å²) in [6.45, 7) is 20.2. The molecule has 0 spiro atoms. The lowest BCUT2D eigenvalue weighted by molar-refractivity contribution is 0.266. The lowest BCUT2D eigenvalue weighted by Gasteiger charge is -2.27. The molecule has 0 unspecified atom stereocenters. The van der Waals surface area contributed by atoms with Gasteiger partial charge in [0.2, 0.25) is 0 Å². The van der Waals surface area contributed by atoms with Crippen molar-refractivity contribution in [2.45, 2.75) is 51.4 Å². The second kappa shape index (κ2) is 46.6. The van der Waals surface area contributed by atoms with Crippen LogP contribution in [0.1, 0.15) is 95.9 Å². The van der Waals surface area contributed by atoms with Crippen molar-refractivity contribution in [3.05, 3.63) is 459 Å². The van der Waals surface area contributed by atoms with Crippen LogP contribution in [0.2, 0.25) is 0 Å². The molecule has 16 bridgehead atoms. The van der Waals surface area contributed by atoms with Crippen LogP contribution in [0.5, 0.6) is 46.0 Å². The predicted octanol–water partition coefficient (Wildman–Crippen LogP) is 33.1. The summed E-state index contributed by atoms with van der Waals surface area (Å²) in [6, 6.07) is 136. The van der Waals surface area contributed by atoms with Crippen molar-refractivity contribution in [1.82, 2.24) is 0 Å². The smallest absolute Gasteiger partial charge is 0.119 e. The van der Waals surface area contributed by atoms with E-state index < -0.39 is 0 Å². The van der Waals surface area contributed by atoms with Crippen molar-refractivity contribution in [2.75, 3.05) is 72.5 Å². The summed E-state index contributed by atoms with van der Waals surface area (Å²) < 4.78 is 49.5. The van der Waals surface area contributed by atoms with Gasteiger partial charge in [-0.15, -0.1) is 0 Å². The largest absolute Gasteiger partial charge is 0.494 e. The number of unbranched alkanes of at least 4 members (excludes halogenated alkanes) is 4. The molecule has 12 nitrogen and oxygen atoms in total. The Labute approximate surface area is 800 Å². The van der Waals surface area contributed by atoms with Crippen molar-refractivity contribution >= 4 is 117 Å². The number of nitrogens with zero attached hydrogens (tertiary/aromatic N) is 4. The molecular formula is C124H112N4O8. The monoisotopic (exact) mass is 1780 g/mol. The maximum absolute atomic E-state index is 6.34. The highest BCUT2D eigenvalue weighted by atomic mass is 16.5. The van der Waals surface area contributed by atoms with Gasteiger partial charge < -0.3 is 57.5 Å². The minimum Gasteiger partial charge on any atom is -0.494 e. The van der Waals surface area contributed by atoms with E-state index in [9.17, 15) is 0 Å². The summed E-state index contributed by atoms with van der Waals surface area (Å²) in [5, 5.41) is 0. The molecule has 0 saturated carbocycles. The zero-order chi connectivity index (χ0) is 92.7. The van der Waals surface area contributed by atoms with Crippen LogP contribution in [0.25, 0.3) is 70.9 Å². The van der Waals surface area contributed by atoms with E-state index in [2.05, 4.69) is 361 Å². The third-order valence-electron chi connectivity index (χ3n) is 23.9. The number of ether oxygens (including phenoxy) is 8. The fourth-order valence-corrected chi connectivity index (χ4v) is 16.2. The first-order valence-corrected chi connectivity index (χ1v) is 46.9. The van der Waals surface area contributed by atoms with Gasteiger partial charge in [0, 0.05) is 68.2 Å². The summed E-state index contributed by atoms with van der Waals surface area (Å²) in [6.07, 6.45) is 22.9. The highest BCUT2D eigenvalue weighted by molar-refractivity contribution is 5.86. The van der Waals surface area contributed by atoms with Crippen LogP contribution in [-0.2, 0) is 0 Å². The second-order valence-corrected chi connectivity index (χ2v) is 33.2. The molecule has 13 heterocycles. The summed E-state index contributed by atoms with van der Waals surface area (Å²) >= 11 is 0. The summed E-state index contributed by atoms with van der Waals surface area (Å²) in [5.74, 6) is 6.62. The van der Waals surface area contributed by atoms with E-state index >= 15 is 0 Å². The standard InChI is InChI=1S/C124H112N4O8/c1-5-93-29-69-117(70-30-93)129-85-9-13-89-133-121-77-61-113(62-78-121)125-105-45-21-97(22-46-105)17-18-98-23-47-106(48-24-98)127(115-65-81-123(82-66-115)135-91-15-11-87-131-119-73-33-95(7-3)34-74-119)111-57-41-103(42-58-111)104-43-59-112(60-44-104)128(116-67-83-124(84-68-116)136-92-16-12-88-132-120-75-35-96(8-4)36-76-120)108-51-27-100(28-52-108)20-19-99-25-49-107(50-26-99)126(110-55-39-102(40-56-110)101-37-53-109(125)54-38-101)114-63-79-122(80-64-114)134-90-14-10-86-130-118-71-31-94(6-2)32-72-118/h5-8,17-84H,1-4,9-16,85-92H2/b18-17-,20-19-. The molecule has 0 radical (unpaired) electrons. The molecule has 29 rings (SSSR count). The average molecular weight is 1790 g/mol. The first-order valence-electron chi connectivity index (χ1n) is 46.9. The number of rotatable bonds is 36. The zero-order valence-corrected chi connectivity index (χ0v) is 76.8. The molecule has 136 heavy (non-hydrogen) atoms. The molecule has 676 valence electrons. The van der Waals surface area contributed by atoms with Crippen LogP contribution in [0, 0.1) is 0 Å². The van der Waals surface area contributed by atoms with E-state index in [1.807, 2.05) is 121 Å². The van der Waals surface area contributed by atoms with Gasteiger partial charge in [-0.25, -0.2) is 0 Å². The summed E-state index contributed by atoms with van der Waals surface area (Å²) in [5.41, 5.74) is 24.9. The fourth-order valence-electron chi connectivity index (χ4n) is 16.2. The summed E-state index contributed by atoms with van der Waals surface area (Å²) in [7, 11) is 0. The molecule has 0 fully saturated rings. The number of hydrogen-bond acceptors (Lipinski definition) is 12. The summed E-state index contributed by atoms with van der Waals surface area (Å²) in [4.78, 5) is 9.20. The van der Waals surface area contributed by atoms with Crippen LogP contribution < -0.4 is 57.5 Å². The van der Waals surface area contributed by atoms with Gasteiger partial charge in [0.15, 0.2) is 0 Å². The van der Waals surface area contributed by atoms with Crippen molar-refractivity contribution in [2.24, 2.45) is 0 Å². The minimum absolute atomic E-state index is 0.572. The molecule has 13 aliphatic rings. The van der Waals surface area contributed by atoms with Crippen molar-refractivity contribution < 1.29 is 37.9 Å². The Morgan fingerprint density at radius 1 is 0.147 bits per heavy atom. The van der Waals surface area contributed by atoms with Crippen LogP contribution in [0.4, 0.5) is 68.2 Å². The van der Waals surface area contributed by atoms with E-state index in [0.29, 0.717) is 52.9 Å². The van der Waals surface area contributed by atoms with E-state index in [4.69, 9.17) is 37.9 Å². The minimum atomic E-state index is 0.572.